The number of rotatable bonds is 8. The molecule has 0 unspecified atom stereocenters. The van der Waals surface area contributed by atoms with Gasteiger partial charge >= 0.3 is 5.69 Å². The molecular weight excluding hydrogens is 385 g/mol. The number of nitrogen functional groups attached to an aromatic ring is 1. The number of ether oxygens (including phenoxy) is 1. The van der Waals surface area contributed by atoms with Gasteiger partial charge in [0.2, 0.25) is 0 Å². The van der Waals surface area contributed by atoms with E-state index in [1.54, 1.807) is 0 Å². The van der Waals surface area contributed by atoms with Crippen LogP contribution in [0.15, 0.2) is 33.9 Å². The summed E-state index contributed by atoms with van der Waals surface area (Å²) in [6, 6.07) is 5.62. The molecule has 0 spiro atoms. The zero-order valence-electron chi connectivity index (χ0n) is 15.8. The predicted molar refractivity (Wildman–Crippen MR) is 112 cm³/mol. The van der Waals surface area contributed by atoms with Crippen LogP contribution in [-0.4, -0.2) is 34.9 Å². The van der Waals surface area contributed by atoms with Crippen molar-refractivity contribution in [1.29, 1.82) is 0 Å². The maximum Gasteiger partial charge on any atom is 0.330 e. The van der Waals surface area contributed by atoms with Gasteiger partial charge in [0, 0.05) is 25.9 Å². The monoisotopic (exact) mass is 409 g/mol. The van der Waals surface area contributed by atoms with E-state index < -0.39 is 11.2 Å². The SMILES string of the molecule is CCCCn1c(N)c(N(CCOC)C(=S)Nc2ccc(F)cc2)c(=O)[nH]c1=O. The number of aromatic amines is 1. The Morgan fingerprint density at radius 1 is 1.36 bits per heavy atom. The molecule has 0 bridgehead atoms. The van der Waals surface area contributed by atoms with Crippen LogP contribution in [0.25, 0.3) is 0 Å². The van der Waals surface area contributed by atoms with Crippen LogP contribution in [-0.2, 0) is 11.3 Å². The Labute approximate surface area is 167 Å². The first-order valence-electron chi connectivity index (χ1n) is 8.84. The largest absolute Gasteiger partial charge is 0.383 e. The average molecular weight is 409 g/mol. The third-order valence-electron chi connectivity index (χ3n) is 4.08. The fourth-order valence-electron chi connectivity index (χ4n) is 2.60. The van der Waals surface area contributed by atoms with Gasteiger partial charge in [0.15, 0.2) is 10.8 Å². The Bertz CT molecular complexity index is 926. The molecule has 4 N–H and O–H groups in total. The standard InChI is InChI=1S/C18H24FN5O3S/c1-3-4-9-24-15(20)14(16(25)22-17(24)26)23(10-11-27-2)18(28)21-13-7-5-12(19)6-8-13/h5-8H,3-4,9-11,20H2,1-2H3,(H,21,28)(H,22,25,26). The van der Waals surface area contributed by atoms with Crippen LogP contribution in [0.3, 0.4) is 0 Å². The van der Waals surface area contributed by atoms with Gasteiger partial charge in [-0.05, 0) is 42.9 Å². The van der Waals surface area contributed by atoms with E-state index in [9.17, 15) is 14.0 Å². The third-order valence-corrected chi connectivity index (χ3v) is 4.40. The molecule has 0 atom stereocenters. The number of aromatic nitrogens is 2. The second-order valence-electron chi connectivity index (χ2n) is 6.08. The quantitative estimate of drug-likeness (QED) is 0.572. The summed E-state index contributed by atoms with van der Waals surface area (Å²) >= 11 is 5.44. The van der Waals surface area contributed by atoms with Crippen LogP contribution in [0.2, 0.25) is 0 Å². The number of unbranched alkanes of at least 4 members (excludes halogenated alkanes) is 1. The van der Waals surface area contributed by atoms with Gasteiger partial charge in [0.25, 0.3) is 5.56 Å². The highest BCUT2D eigenvalue weighted by Crippen LogP contribution is 2.19. The fraction of sp³-hybridized carbons (Fsp3) is 0.389. The van der Waals surface area contributed by atoms with Crippen LogP contribution in [0.5, 0.6) is 0 Å². The van der Waals surface area contributed by atoms with Gasteiger partial charge in [-0.3, -0.25) is 14.3 Å². The van der Waals surface area contributed by atoms with Crippen molar-refractivity contribution in [2.45, 2.75) is 26.3 Å². The van der Waals surface area contributed by atoms with E-state index in [0.717, 1.165) is 12.8 Å². The topological polar surface area (TPSA) is 105 Å². The van der Waals surface area contributed by atoms with Gasteiger partial charge in [0.05, 0.1) is 6.61 Å². The van der Waals surface area contributed by atoms with Gasteiger partial charge in [0.1, 0.15) is 11.6 Å². The summed E-state index contributed by atoms with van der Waals surface area (Å²) in [6.07, 6.45) is 1.59. The summed E-state index contributed by atoms with van der Waals surface area (Å²) in [7, 11) is 1.52. The molecule has 0 amide bonds. The summed E-state index contributed by atoms with van der Waals surface area (Å²) in [5, 5.41) is 3.12. The van der Waals surface area contributed by atoms with Gasteiger partial charge < -0.3 is 20.7 Å². The minimum Gasteiger partial charge on any atom is -0.383 e. The van der Waals surface area contributed by atoms with E-state index in [1.807, 2.05) is 6.92 Å². The molecule has 2 rings (SSSR count). The Hall–Kier alpha value is -2.72. The third kappa shape index (κ3) is 5.17. The van der Waals surface area contributed by atoms with Crippen molar-refractivity contribution in [3.05, 3.63) is 50.9 Å². The zero-order chi connectivity index (χ0) is 20.7. The van der Waals surface area contributed by atoms with Crippen LogP contribution < -0.4 is 27.2 Å². The van der Waals surface area contributed by atoms with Gasteiger partial charge in [-0.2, -0.15) is 0 Å². The number of thiocarbonyl (C=S) groups is 1. The van der Waals surface area contributed by atoms with Crippen LogP contribution in [0.1, 0.15) is 19.8 Å². The number of halogens is 1. The highest BCUT2D eigenvalue weighted by atomic mass is 32.1. The summed E-state index contributed by atoms with van der Waals surface area (Å²) in [5.41, 5.74) is 5.57. The summed E-state index contributed by atoms with van der Waals surface area (Å²) in [6.45, 7) is 2.85. The number of methoxy groups -OCH3 is 1. The first-order chi connectivity index (χ1) is 13.4. The molecular formula is C18H24FN5O3S. The lowest BCUT2D eigenvalue weighted by atomic mass is 10.3. The first-order valence-corrected chi connectivity index (χ1v) is 9.25. The Balaban J connectivity index is 2.43. The molecule has 10 heteroatoms. The van der Waals surface area contributed by atoms with E-state index in [4.69, 9.17) is 22.7 Å². The fourth-order valence-corrected chi connectivity index (χ4v) is 2.90. The molecule has 1 aromatic heterocycles. The number of nitrogens with zero attached hydrogens (tertiary/aromatic N) is 2. The lowest BCUT2D eigenvalue weighted by Gasteiger charge is -2.27. The zero-order valence-corrected chi connectivity index (χ0v) is 16.6. The summed E-state index contributed by atoms with van der Waals surface area (Å²) < 4.78 is 19.6. The van der Waals surface area contributed by atoms with Crippen molar-refractivity contribution in [2.24, 2.45) is 0 Å². The lowest BCUT2D eigenvalue weighted by Crippen LogP contribution is -2.44. The first kappa shape index (κ1) is 21.6. The molecule has 0 radical (unpaired) electrons. The molecule has 2 aromatic rings. The Kier molecular flexibility index (Phi) is 7.70. The molecule has 0 saturated carbocycles. The predicted octanol–water partition coefficient (Wildman–Crippen LogP) is 1.91. The molecule has 28 heavy (non-hydrogen) atoms. The van der Waals surface area contributed by atoms with Crippen molar-refractivity contribution >= 4 is 34.5 Å². The molecule has 1 aromatic carbocycles. The number of benzene rings is 1. The summed E-state index contributed by atoms with van der Waals surface area (Å²) in [4.78, 5) is 28.4. The van der Waals surface area contributed by atoms with E-state index >= 15 is 0 Å². The van der Waals surface area contributed by atoms with E-state index in [1.165, 1.54) is 40.8 Å². The van der Waals surface area contributed by atoms with Crippen molar-refractivity contribution < 1.29 is 9.13 Å². The molecule has 0 saturated heterocycles. The minimum absolute atomic E-state index is 0.0292. The number of anilines is 3. The van der Waals surface area contributed by atoms with Crippen molar-refractivity contribution in [2.75, 3.05) is 36.2 Å². The van der Waals surface area contributed by atoms with Gasteiger partial charge in [-0.25, -0.2) is 9.18 Å². The lowest BCUT2D eigenvalue weighted by molar-refractivity contribution is 0.208. The molecule has 0 aliphatic heterocycles. The Morgan fingerprint density at radius 2 is 2.04 bits per heavy atom. The smallest absolute Gasteiger partial charge is 0.330 e. The number of hydrogen-bond donors (Lipinski definition) is 3. The van der Waals surface area contributed by atoms with Crippen LogP contribution >= 0.6 is 12.2 Å². The highest BCUT2D eigenvalue weighted by molar-refractivity contribution is 7.80. The highest BCUT2D eigenvalue weighted by Gasteiger charge is 2.22. The van der Waals surface area contributed by atoms with Gasteiger partial charge in [-0.1, -0.05) is 13.3 Å². The maximum absolute atomic E-state index is 13.1. The second kappa shape index (κ2) is 10.00. The Morgan fingerprint density at radius 3 is 2.64 bits per heavy atom. The van der Waals surface area contributed by atoms with Crippen LogP contribution in [0.4, 0.5) is 21.6 Å². The normalized spacial score (nSPS) is 10.7. The molecule has 0 aliphatic rings. The van der Waals surface area contributed by atoms with Crippen molar-refractivity contribution in [3.63, 3.8) is 0 Å². The number of hydrogen-bond acceptors (Lipinski definition) is 5. The molecule has 0 aliphatic carbocycles. The van der Waals surface area contributed by atoms with E-state index in [-0.39, 0.29) is 35.6 Å². The van der Waals surface area contributed by atoms with Gasteiger partial charge in [-0.15, -0.1) is 0 Å². The molecule has 152 valence electrons. The maximum atomic E-state index is 13.1. The number of nitrogens with one attached hydrogen (secondary N) is 2. The molecule has 1 heterocycles. The second-order valence-corrected chi connectivity index (χ2v) is 6.47. The number of H-pyrrole nitrogens is 1. The average Bonchev–Trinajstić information content (AvgIpc) is 2.65. The van der Waals surface area contributed by atoms with Crippen molar-refractivity contribution in [1.82, 2.24) is 9.55 Å². The van der Waals surface area contributed by atoms with E-state index in [0.29, 0.717) is 12.2 Å². The molecule has 8 nitrogen and oxygen atoms in total. The summed E-state index contributed by atoms with van der Waals surface area (Å²) in [5.74, 6) is -0.349. The minimum atomic E-state index is -0.644. The number of nitrogens with two attached hydrogens (primary N) is 1. The van der Waals surface area contributed by atoms with Crippen LogP contribution in [0, 0.1) is 5.82 Å². The molecule has 0 fully saturated rings. The van der Waals surface area contributed by atoms with Crippen molar-refractivity contribution in [3.8, 4) is 0 Å². The van der Waals surface area contributed by atoms with E-state index in [2.05, 4.69) is 10.3 Å².